The van der Waals surface area contributed by atoms with Gasteiger partial charge in [0.15, 0.2) is 0 Å². The Hall–Kier alpha value is -0.860. The molecule has 0 amide bonds. The second-order valence-electron chi connectivity index (χ2n) is 5.18. The molecule has 1 aliphatic rings. The molecule has 2 atom stereocenters. The van der Waals surface area contributed by atoms with Crippen LogP contribution in [-0.4, -0.2) is 19.6 Å². The van der Waals surface area contributed by atoms with Crippen molar-refractivity contribution in [3.05, 3.63) is 34.9 Å². The van der Waals surface area contributed by atoms with E-state index in [0.717, 1.165) is 6.54 Å². The van der Waals surface area contributed by atoms with E-state index < -0.39 is 0 Å². The predicted molar refractivity (Wildman–Crippen MR) is 73.4 cm³/mol. The zero-order chi connectivity index (χ0) is 12.3. The van der Waals surface area contributed by atoms with Crippen LogP contribution in [0.2, 0.25) is 0 Å². The maximum absolute atomic E-state index is 3.65. The minimum atomic E-state index is 0.440. The lowest BCUT2D eigenvalue weighted by Gasteiger charge is -2.32. The third-order valence-electron chi connectivity index (χ3n) is 3.83. The second-order valence-corrected chi connectivity index (χ2v) is 5.18. The number of hydrogen-bond donors (Lipinski definition) is 2. The minimum absolute atomic E-state index is 0.440. The molecule has 0 spiro atoms. The smallest absolute Gasteiger partial charge is 0.0476 e. The molecule has 0 saturated carbocycles. The van der Waals surface area contributed by atoms with Crippen LogP contribution in [0.3, 0.4) is 0 Å². The molecule has 1 aromatic carbocycles. The summed E-state index contributed by atoms with van der Waals surface area (Å²) in [6, 6.07) is 7.77. The van der Waals surface area contributed by atoms with Gasteiger partial charge in [-0.3, -0.25) is 0 Å². The van der Waals surface area contributed by atoms with Gasteiger partial charge in [-0.1, -0.05) is 30.2 Å². The molecule has 1 aromatic rings. The molecule has 0 radical (unpaired) electrons. The molecule has 2 nitrogen and oxygen atoms in total. The Bertz CT molecular complexity index is 367. The largest absolute Gasteiger partial charge is 0.312 e. The monoisotopic (exact) mass is 232 g/mol. The molecule has 1 saturated heterocycles. The molecule has 1 aliphatic heterocycles. The number of hydrogen-bond acceptors (Lipinski definition) is 2. The van der Waals surface area contributed by atoms with E-state index in [-0.39, 0.29) is 0 Å². The fraction of sp³-hybridized carbons (Fsp3) is 0.600. The predicted octanol–water partition coefficient (Wildman–Crippen LogP) is 2.71. The Labute approximate surface area is 105 Å². The molecule has 2 unspecified atom stereocenters. The highest BCUT2D eigenvalue weighted by Crippen LogP contribution is 2.26. The lowest BCUT2D eigenvalue weighted by molar-refractivity contribution is 0.326. The zero-order valence-electron chi connectivity index (χ0n) is 11.2. The summed E-state index contributed by atoms with van der Waals surface area (Å²) >= 11 is 0. The van der Waals surface area contributed by atoms with Gasteiger partial charge in [0.2, 0.25) is 0 Å². The Morgan fingerprint density at radius 1 is 1.29 bits per heavy atom. The van der Waals surface area contributed by atoms with Crippen molar-refractivity contribution < 1.29 is 0 Å². The summed E-state index contributed by atoms with van der Waals surface area (Å²) in [5.74, 6) is 0. The third-order valence-corrected chi connectivity index (χ3v) is 3.83. The highest BCUT2D eigenvalue weighted by atomic mass is 15.0. The number of benzene rings is 1. The van der Waals surface area contributed by atoms with Gasteiger partial charge in [-0.25, -0.2) is 0 Å². The maximum atomic E-state index is 3.65. The average Bonchev–Trinajstić information content (AvgIpc) is 2.36. The third kappa shape index (κ3) is 2.88. The van der Waals surface area contributed by atoms with Crippen molar-refractivity contribution in [2.75, 3.05) is 13.6 Å². The summed E-state index contributed by atoms with van der Waals surface area (Å²) in [6.45, 7) is 5.54. The molecule has 0 aliphatic carbocycles. The van der Waals surface area contributed by atoms with E-state index in [1.165, 1.54) is 36.0 Å². The molecule has 2 heteroatoms. The van der Waals surface area contributed by atoms with Crippen molar-refractivity contribution in [2.24, 2.45) is 0 Å². The van der Waals surface area contributed by atoms with E-state index in [2.05, 4.69) is 49.7 Å². The van der Waals surface area contributed by atoms with Gasteiger partial charge in [-0.2, -0.15) is 0 Å². The summed E-state index contributed by atoms with van der Waals surface area (Å²) in [7, 11) is 2.07. The zero-order valence-corrected chi connectivity index (χ0v) is 11.2. The fourth-order valence-corrected chi connectivity index (χ4v) is 2.83. The van der Waals surface area contributed by atoms with Crippen LogP contribution in [0.5, 0.6) is 0 Å². The van der Waals surface area contributed by atoms with Gasteiger partial charge < -0.3 is 10.6 Å². The van der Waals surface area contributed by atoms with E-state index in [1.807, 2.05) is 0 Å². The molecule has 2 N–H and O–H groups in total. The SMILES string of the molecule is CNC(c1cc(C)ccc1C)C1CCCCN1. The lowest BCUT2D eigenvalue weighted by Crippen LogP contribution is -2.43. The molecule has 2 rings (SSSR count). The van der Waals surface area contributed by atoms with Gasteiger partial charge in [0.25, 0.3) is 0 Å². The van der Waals surface area contributed by atoms with E-state index in [1.54, 1.807) is 0 Å². The van der Waals surface area contributed by atoms with Crippen molar-refractivity contribution in [3.8, 4) is 0 Å². The van der Waals surface area contributed by atoms with Gasteiger partial charge in [0.1, 0.15) is 0 Å². The second kappa shape index (κ2) is 5.65. The highest BCUT2D eigenvalue weighted by Gasteiger charge is 2.24. The van der Waals surface area contributed by atoms with Crippen LogP contribution in [-0.2, 0) is 0 Å². The van der Waals surface area contributed by atoms with Crippen molar-refractivity contribution in [2.45, 2.75) is 45.2 Å². The van der Waals surface area contributed by atoms with Gasteiger partial charge >= 0.3 is 0 Å². The molecule has 17 heavy (non-hydrogen) atoms. The van der Waals surface area contributed by atoms with Gasteiger partial charge in [0.05, 0.1) is 0 Å². The summed E-state index contributed by atoms with van der Waals surface area (Å²) in [6.07, 6.45) is 3.94. The summed E-state index contributed by atoms with van der Waals surface area (Å²) in [4.78, 5) is 0. The maximum Gasteiger partial charge on any atom is 0.0476 e. The standard InChI is InChI=1S/C15H24N2/c1-11-7-8-12(2)13(10-11)15(16-3)14-6-4-5-9-17-14/h7-8,10,14-17H,4-6,9H2,1-3H3. The molecule has 94 valence electrons. The first-order valence-corrected chi connectivity index (χ1v) is 6.70. The van der Waals surface area contributed by atoms with E-state index in [4.69, 9.17) is 0 Å². The van der Waals surface area contributed by atoms with E-state index >= 15 is 0 Å². The van der Waals surface area contributed by atoms with E-state index in [0.29, 0.717) is 12.1 Å². The molecule has 1 fully saturated rings. The summed E-state index contributed by atoms with van der Waals surface area (Å²) < 4.78 is 0. The van der Waals surface area contributed by atoms with Gasteiger partial charge in [0, 0.05) is 12.1 Å². The molecule has 0 bridgehead atoms. The van der Waals surface area contributed by atoms with Crippen molar-refractivity contribution in [1.29, 1.82) is 0 Å². The number of likely N-dealkylation sites (N-methyl/N-ethyl adjacent to an activating group) is 1. The average molecular weight is 232 g/mol. The Morgan fingerprint density at radius 2 is 2.12 bits per heavy atom. The number of nitrogens with one attached hydrogen (secondary N) is 2. The van der Waals surface area contributed by atoms with Crippen LogP contribution >= 0.6 is 0 Å². The fourth-order valence-electron chi connectivity index (χ4n) is 2.83. The van der Waals surface area contributed by atoms with Crippen LogP contribution in [0, 0.1) is 13.8 Å². The van der Waals surface area contributed by atoms with Crippen LogP contribution in [0.4, 0.5) is 0 Å². The van der Waals surface area contributed by atoms with Gasteiger partial charge in [-0.15, -0.1) is 0 Å². The number of rotatable bonds is 3. The summed E-state index contributed by atoms with van der Waals surface area (Å²) in [5.41, 5.74) is 4.19. The first kappa shape index (κ1) is 12.6. The molecular formula is C15H24N2. The normalized spacial score (nSPS) is 22.4. The van der Waals surface area contributed by atoms with Crippen LogP contribution in [0.15, 0.2) is 18.2 Å². The molecule has 1 heterocycles. The minimum Gasteiger partial charge on any atom is -0.312 e. The highest BCUT2D eigenvalue weighted by molar-refractivity contribution is 5.34. The lowest BCUT2D eigenvalue weighted by atomic mass is 9.89. The number of aryl methyl sites for hydroxylation is 2. The first-order chi connectivity index (χ1) is 8.22. The number of piperidine rings is 1. The van der Waals surface area contributed by atoms with Crippen LogP contribution in [0.1, 0.15) is 42.0 Å². The van der Waals surface area contributed by atoms with Gasteiger partial charge in [-0.05, 0) is 51.4 Å². The van der Waals surface area contributed by atoms with Crippen molar-refractivity contribution in [3.63, 3.8) is 0 Å². The van der Waals surface area contributed by atoms with E-state index in [9.17, 15) is 0 Å². The topological polar surface area (TPSA) is 24.1 Å². The Balaban J connectivity index is 2.24. The van der Waals surface area contributed by atoms with Crippen molar-refractivity contribution >= 4 is 0 Å². The van der Waals surface area contributed by atoms with Crippen LogP contribution in [0.25, 0.3) is 0 Å². The quantitative estimate of drug-likeness (QED) is 0.837. The first-order valence-electron chi connectivity index (χ1n) is 6.70. The Morgan fingerprint density at radius 3 is 2.76 bits per heavy atom. The van der Waals surface area contributed by atoms with Crippen molar-refractivity contribution in [1.82, 2.24) is 10.6 Å². The Kier molecular flexibility index (Phi) is 4.19. The molecular weight excluding hydrogens is 208 g/mol. The van der Waals surface area contributed by atoms with Crippen LogP contribution < -0.4 is 10.6 Å². The molecule has 0 aromatic heterocycles. The summed E-state index contributed by atoms with van der Waals surface area (Å²) in [5, 5.41) is 7.15.